The summed E-state index contributed by atoms with van der Waals surface area (Å²) in [5.74, 6) is 0. The van der Waals surface area contributed by atoms with Gasteiger partial charge in [0, 0.05) is 6.92 Å². The smallest absolute Gasteiger partial charge is 0.415 e. The van der Waals surface area contributed by atoms with Gasteiger partial charge in [0.1, 0.15) is 17.1 Å². The maximum Gasteiger partial charge on any atom is 2.00 e. The number of nitrogens with zero attached hydrogens (tertiary/aromatic N) is 8. The molecule has 2 radical (unpaired) electrons. The molecular formula is C17H15BCoF9N8O3. The predicted molar refractivity (Wildman–Crippen MR) is 109 cm³/mol. The zero-order valence-electron chi connectivity index (χ0n) is 19.8. The number of aryl methyl sites for hydroxylation is 3. The Kier molecular flexibility index (Phi) is 11.6. The fourth-order valence-electron chi connectivity index (χ4n) is 3.02. The van der Waals surface area contributed by atoms with Crippen LogP contribution in [0, 0.1) is 47.4 Å². The standard InChI is InChI=1S/C15H12BF9N6.C2H3N.Co.NO3/c1-7-4-10(13(17,18)19)29(26-7)16(30-11(14(20,21)22)5-8(2)27-30)31-12(15(23,24)25)6-9(3)28-31;1-2-3;;2-1(3)4/h4-6H,1-3H3;1H3;;/q-1;;+2;-1. The molecule has 22 heteroatoms. The van der Waals surface area contributed by atoms with E-state index in [1.807, 2.05) is 0 Å². The minimum atomic E-state index is -5.14. The normalized spacial score (nSPS) is 11.5. The van der Waals surface area contributed by atoms with Gasteiger partial charge in [0.05, 0.1) is 28.2 Å². The van der Waals surface area contributed by atoms with Gasteiger partial charge >= 0.3 is 35.3 Å². The van der Waals surface area contributed by atoms with E-state index in [1.165, 1.54) is 6.92 Å². The van der Waals surface area contributed by atoms with E-state index in [-0.39, 0.29) is 47.6 Å². The maximum atomic E-state index is 13.6. The molecule has 3 heterocycles. The van der Waals surface area contributed by atoms with E-state index in [0.717, 1.165) is 20.8 Å². The maximum absolute atomic E-state index is 13.6. The summed E-state index contributed by atoms with van der Waals surface area (Å²) < 4.78 is 122. The Hall–Kier alpha value is -3.74. The van der Waals surface area contributed by atoms with E-state index in [9.17, 15) is 39.5 Å². The van der Waals surface area contributed by atoms with Gasteiger partial charge in [-0.2, -0.15) is 44.8 Å². The molecule has 0 aliphatic carbocycles. The molecule has 0 N–H and O–H groups in total. The molecule has 0 bridgehead atoms. The minimum absolute atomic E-state index is 0. The molecule has 0 amide bonds. The van der Waals surface area contributed by atoms with Crippen molar-refractivity contribution in [3.63, 3.8) is 0 Å². The van der Waals surface area contributed by atoms with E-state index in [1.54, 1.807) is 6.07 Å². The minimum Gasteiger partial charge on any atom is -0.415 e. The second kappa shape index (κ2) is 12.9. The van der Waals surface area contributed by atoms with Crippen LogP contribution in [0.15, 0.2) is 18.2 Å². The first-order chi connectivity index (χ1) is 17.1. The van der Waals surface area contributed by atoms with E-state index in [2.05, 4.69) is 15.3 Å². The first kappa shape index (κ1) is 35.3. The molecule has 11 nitrogen and oxygen atoms in total. The Morgan fingerprint density at radius 1 is 0.744 bits per heavy atom. The van der Waals surface area contributed by atoms with Gasteiger partial charge in [0.2, 0.25) is 0 Å². The first-order valence-corrected chi connectivity index (χ1v) is 9.67. The Morgan fingerprint density at radius 3 is 1.08 bits per heavy atom. The van der Waals surface area contributed by atoms with Crippen LogP contribution in [-0.4, -0.2) is 41.3 Å². The Labute approximate surface area is 223 Å². The van der Waals surface area contributed by atoms with E-state index in [0.29, 0.717) is 18.2 Å². The Balaban J connectivity index is 0.00000162. The molecule has 0 unspecified atom stereocenters. The van der Waals surface area contributed by atoms with Crippen LogP contribution in [-0.2, 0) is 35.3 Å². The third-order valence-electron chi connectivity index (χ3n) is 4.10. The average Bonchev–Trinajstić information content (AvgIpc) is 3.39. The Bertz CT molecular complexity index is 1170. The summed E-state index contributed by atoms with van der Waals surface area (Å²) in [6, 6.07) is 3.25. The van der Waals surface area contributed by atoms with Crippen LogP contribution in [0.2, 0.25) is 0 Å². The fraction of sp³-hybridized carbons (Fsp3) is 0.412. The summed E-state index contributed by atoms with van der Waals surface area (Å²) in [6.07, 6.45) is -15.4. The van der Waals surface area contributed by atoms with E-state index >= 15 is 0 Å². The van der Waals surface area contributed by atoms with Crippen LogP contribution in [0.25, 0.3) is 0 Å². The SMILES string of the molecule is CC#N.Cc1cc(C(F)(F)F)n([B-](n2nc(C)cc2C(F)(F)F)n2nc(C)cc2C(F)(F)F)n1.O=[N+]([O-])[O-].[Co+2]. The molecule has 0 fully saturated rings. The van der Waals surface area contributed by atoms with Gasteiger partial charge in [-0.25, -0.2) is 15.3 Å². The molecule has 3 aromatic rings. The van der Waals surface area contributed by atoms with Crippen LogP contribution >= 0.6 is 0 Å². The summed E-state index contributed by atoms with van der Waals surface area (Å²) in [5.41, 5.74) is -5.57. The van der Waals surface area contributed by atoms with Crippen molar-refractivity contribution in [1.82, 2.24) is 29.1 Å². The van der Waals surface area contributed by atoms with Crippen LogP contribution in [0.1, 0.15) is 41.1 Å². The Morgan fingerprint density at radius 2 is 0.923 bits per heavy atom. The van der Waals surface area contributed by atoms with Crippen molar-refractivity contribution in [2.75, 3.05) is 0 Å². The fourth-order valence-corrected chi connectivity index (χ4v) is 3.02. The monoisotopic (exact) mass is 620 g/mol. The zero-order chi connectivity index (χ0) is 29.8. The van der Waals surface area contributed by atoms with Gasteiger partial charge < -0.3 is 29.1 Å². The molecule has 39 heavy (non-hydrogen) atoms. The molecule has 0 atom stereocenters. The predicted octanol–water partition coefficient (Wildman–Crippen LogP) is 4.48. The summed E-state index contributed by atoms with van der Waals surface area (Å²) in [7, 11) is -2.49. The van der Waals surface area contributed by atoms with Crippen molar-refractivity contribution in [3.05, 3.63) is 67.7 Å². The molecule has 3 aromatic heterocycles. The molecule has 3 rings (SSSR count). The van der Waals surface area contributed by atoms with Crippen LogP contribution in [0.5, 0.6) is 0 Å². The molecular weight excluding hydrogens is 605 g/mol. The third kappa shape index (κ3) is 9.20. The molecule has 0 saturated heterocycles. The molecule has 0 spiro atoms. The van der Waals surface area contributed by atoms with Crippen molar-refractivity contribution in [2.24, 2.45) is 0 Å². The van der Waals surface area contributed by atoms with Gasteiger partial charge in [-0.3, -0.25) is 0 Å². The second-order valence-corrected chi connectivity index (χ2v) is 7.13. The van der Waals surface area contributed by atoms with Gasteiger partial charge in [-0.15, -0.1) is 0 Å². The summed E-state index contributed by atoms with van der Waals surface area (Å²) in [6.45, 7) is 4.77. The van der Waals surface area contributed by atoms with Gasteiger partial charge in [-0.1, -0.05) is 0 Å². The quantitative estimate of drug-likeness (QED) is 0.182. The van der Waals surface area contributed by atoms with E-state index in [4.69, 9.17) is 20.6 Å². The summed E-state index contributed by atoms with van der Waals surface area (Å²) in [4.78, 5) is 8.25. The largest absolute Gasteiger partial charge is 2.00 e. The summed E-state index contributed by atoms with van der Waals surface area (Å²) >= 11 is 0. The number of halogens is 9. The average molecular weight is 620 g/mol. The molecule has 216 valence electrons. The number of nitriles is 1. The molecule has 0 saturated carbocycles. The van der Waals surface area contributed by atoms with Crippen LogP contribution in [0.3, 0.4) is 0 Å². The zero-order valence-corrected chi connectivity index (χ0v) is 20.9. The third-order valence-corrected chi connectivity index (χ3v) is 4.10. The van der Waals surface area contributed by atoms with E-state index < -0.39 is 47.8 Å². The van der Waals surface area contributed by atoms with Crippen molar-refractivity contribution >= 4 is 7.12 Å². The van der Waals surface area contributed by atoms with Gasteiger partial charge in [0.15, 0.2) is 0 Å². The van der Waals surface area contributed by atoms with Gasteiger partial charge in [-0.05, 0) is 39.0 Å². The van der Waals surface area contributed by atoms with Crippen LogP contribution in [0.4, 0.5) is 39.5 Å². The van der Waals surface area contributed by atoms with Crippen molar-refractivity contribution in [2.45, 2.75) is 46.2 Å². The molecule has 0 aliphatic heterocycles. The number of rotatable bonds is 3. The number of hydrogen-bond acceptors (Lipinski definition) is 7. The van der Waals surface area contributed by atoms with Crippen molar-refractivity contribution in [1.29, 1.82) is 5.26 Å². The molecule has 0 aliphatic rings. The van der Waals surface area contributed by atoms with Crippen LogP contribution < -0.4 is 0 Å². The summed E-state index contributed by atoms with van der Waals surface area (Å²) in [5, 5.41) is 32.7. The van der Waals surface area contributed by atoms with Gasteiger partial charge in [0.25, 0.3) is 7.12 Å². The number of alkyl halides is 9. The second-order valence-electron chi connectivity index (χ2n) is 7.13. The molecule has 0 aromatic carbocycles. The topological polar surface area (TPSA) is 143 Å². The van der Waals surface area contributed by atoms with Crippen molar-refractivity contribution < 1.29 is 61.4 Å². The number of hydrogen-bond donors (Lipinski definition) is 0. The first-order valence-electron chi connectivity index (χ1n) is 9.67. The number of aromatic nitrogens is 6. The van der Waals surface area contributed by atoms with Crippen molar-refractivity contribution in [3.8, 4) is 6.07 Å².